The summed E-state index contributed by atoms with van der Waals surface area (Å²) < 4.78 is 0. The molecule has 0 bridgehead atoms. The summed E-state index contributed by atoms with van der Waals surface area (Å²) in [6.45, 7) is 5.13. The number of hydrogen-bond donors (Lipinski definition) is 0. The van der Waals surface area contributed by atoms with Crippen LogP contribution in [-0.4, -0.2) is 29.7 Å². The van der Waals surface area contributed by atoms with Crippen LogP contribution in [0.5, 0.6) is 0 Å². The van der Waals surface area contributed by atoms with E-state index < -0.39 is 0 Å². The molecule has 1 saturated heterocycles. The molecule has 3 heteroatoms. The van der Waals surface area contributed by atoms with Gasteiger partial charge < -0.3 is 4.90 Å². The van der Waals surface area contributed by atoms with E-state index in [-0.39, 0.29) is 11.3 Å². The maximum absolute atomic E-state index is 12.1. The molecule has 0 aromatic carbocycles. The van der Waals surface area contributed by atoms with E-state index in [2.05, 4.69) is 0 Å². The third kappa shape index (κ3) is 3.12. The predicted octanol–water partition coefficient (Wildman–Crippen LogP) is 2.78. The number of rotatable bonds is 4. The fourth-order valence-electron chi connectivity index (χ4n) is 2.91. The maximum Gasteiger partial charge on any atom is 0.222 e. The summed E-state index contributed by atoms with van der Waals surface area (Å²) in [4.78, 5) is 25.7. The predicted molar refractivity (Wildman–Crippen MR) is 71.2 cm³/mol. The van der Waals surface area contributed by atoms with Crippen molar-refractivity contribution in [1.82, 2.24) is 4.90 Å². The highest BCUT2D eigenvalue weighted by Crippen LogP contribution is 2.31. The zero-order valence-corrected chi connectivity index (χ0v) is 11.7. The minimum atomic E-state index is -0.345. The van der Waals surface area contributed by atoms with Crippen molar-refractivity contribution in [3.05, 3.63) is 0 Å². The van der Waals surface area contributed by atoms with E-state index in [0.29, 0.717) is 31.7 Å². The summed E-state index contributed by atoms with van der Waals surface area (Å²) in [5, 5.41) is 0. The van der Waals surface area contributed by atoms with Gasteiger partial charge >= 0.3 is 0 Å². The van der Waals surface area contributed by atoms with Crippen LogP contribution in [0.2, 0.25) is 0 Å². The van der Waals surface area contributed by atoms with E-state index in [1.807, 2.05) is 18.7 Å². The largest absolute Gasteiger partial charge is 0.341 e. The lowest BCUT2D eigenvalue weighted by atomic mass is 9.81. The fraction of sp³-hybridized carbons (Fsp3) is 0.867. The number of hydrogen-bond acceptors (Lipinski definition) is 2. The SMILES string of the molecule is CC1(C)CN(C(=O)CCCC2CCC2)CCC1=O. The van der Waals surface area contributed by atoms with Gasteiger partial charge in [-0.2, -0.15) is 0 Å². The molecule has 1 heterocycles. The number of nitrogens with zero attached hydrogens (tertiary/aromatic N) is 1. The van der Waals surface area contributed by atoms with Crippen molar-refractivity contribution in [2.75, 3.05) is 13.1 Å². The number of amides is 1. The molecule has 0 unspecified atom stereocenters. The van der Waals surface area contributed by atoms with Crippen molar-refractivity contribution in [3.8, 4) is 0 Å². The Balaban J connectivity index is 1.73. The first kappa shape index (κ1) is 13.6. The van der Waals surface area contributed by atoms with Gasteiger partial charge in [-0.05, 0) is 18.8 Å². The van der Waals surface area contributed by atoms with E-state index in [4.69, 9.17) is 0 Å². The van der Waals surface area contributed by atoms with Crippen LogP contribution < -0.4 is 0 Å². The Kier molecular flexibility index (Phi) is 4.08. The Morgan fingerprint density at radius 3 is 2.67 bits per heavy atom. The van der Waals surface area contributed by atoms with Gasteiger partial charge in [0.15, 0.2) is 0 Å². The molecule has 2 rings (SSSR count). The molecular weight excluding hydrogens is 226 g/mol. The van der Waals surface area contributed by atoms with Crippen LogP contribution in [0, 0.1) is 11.3 Å². The molecule has 0 spiro atoms. The van der Waals surface area contributed by atoms with Crippen molar-refractivity contribution in [2.45, 2.75) is 58.8 Å². The molecule has 1 aliphatic carbocycles. The highest BCUT2D eigenvalue weighted by Gasteiger charge is 2.35. The average Bonchev–Trinajstić information content (AvgIpc) is 2.25. The Morgan fingerprint density at radius 2 is 2.11 bits per heavy atom. The summed E-state index contributed by atoms with van der Waals surface area (Å²) >= 11 is 0. The van der Waals surface area contributed by atoms with Crippen LogP contribution >= 0.6 is 0 Å². The monoisotopic (exact) mass is 251 g/mol. The molecule has 2 fully saturated rings. The van der Waals surface area contributed by atoms with Gasteiger partial charge in [0.05, 0.1) is 0 Å². The van der Waals surface area contributed by atoms with Gasteiger partial charge in [0.2, 0.25) is 5.91 Å². The molecule has 1 amide bonds. The molecular formula is C15H25NO2. The van der Waals surface area contributed by atoms with E-state index in [9.17, 15) is 9.59 Å². The molecule has 0 radical (unpaired) electrons. The van der Waals surface area contributed by atoms with E-state index in [1.54, 1.807) is 0 Å². The minimum absolute atomic E-state index is 0.245. The third-order valence-electron chi connectivity index (χ3n) is 4.53. The first-order valence-electron chi connectivity index (χ1n) is 7.30. The summed E-state index contributed by atoms with van der Waals surface area (Å²) in [6.07, 6.45) is 7.53. The lowest BCUT2D eigenvalue weighted by Gasteiger charge is -2.37. The molecule has 0 aromatic heterocycles. The number of carbonyl (C=O) groups excluding carboxylic acids is 2. The molecule has 2 aliphatic rings. The molecule has 18 heavy (non-hydrogen) atoms. The van der Waals surface area contributed by atoms with Gasteiger partial charge in [-0.15, -0.1) is 0 Å². The highest BCUT2D eigenvalue weighted by molar-refractivity contribution is 5.87. The van der Waals surface area contributed by atoms with Crippen LogP contribution in [0.15, 0.2) is 0 Å². The second kappa shape index (κ2) is 5.41. The first-order valence-corrected chi connectivity index (χ1v) is 7.30. The molecule has 1 aliphatic heterocycles. The van der Waals surface area contributed by atoms with Crippen LogP contribution in [0.1, 0.15) is 58.8 Å². The van der Waals surface area contributed by atoms with Crippen LogP contribution in [0.25, 0.3) is 0 Å². The van der Waals surface area contributed by atoms with Gasteiger partial charge in [0.25, 0.3) is 0 Å². The molecule has 0 aromatic rings. The van der Waals surface area contributed by atoms with Gasteiger partial charge in [0, 0.05) is 31.3 Å². The summed E-state index contributed by atoms with van der Waals surface area (Å²) in [6, 6.07) is 0. The van der Waals surface area contributed by atoms with Crippen LogP contribution in [-0.2, 0) is 9.59 Å². The first-order chi connectivity index (χ1) is 8.49. The van der Waals surface area contributed by atoms with Crippen molar-refractivity contribution >= 4 is 11.7 Å². The van der Waals surface area contributed by atoms with Crippen molar-refractivity contribution in [3.63, 3.8) is 0 Å². The van der Waals surface area contributed by atoms with Crippen molar-refractivity contribution in [1.29, 1.82) is 0 Å². The summed E-state index contributed by atoms with van der Waals surface area (Å²) in [5.74, 6) is 1.42. The molecule has 0 atom stereocenters. The molecule has 3 nitrogen and oxygen atoms in total. The van der Waals surface area contributed by atoms with Crippen molar-refractivity contribution in [2.24, 2.45) is 11.3 Å². The van der Waals surface area contributed by atoms with Crippen LogP contribution in [0.4, 0.5) is 0 Å². The second-order valence-corrected chi connectivity index (χ2v) is 6.56. The standard InChI is InChI=1S/C15H25NO2/c1-15(2)11-16(10-9-13(15)17)14(18)8-4-7-12-5-3-6-12/h12H,3-11H2,1-2H3. The van der Waals surface area contributed by atoms with E-state index in [0.717, 1.165) is 12.3 Å². The molecule has 1 saturated carbocycles. The third-order valence-corrected chi connectivity index (χ3v) is 4.53. The Labute approximate surface area is 110 Å². The van der Waals surface area contributed by atoms with Gasteiger partial charge in [-0.1, -0.05) is 33.1 Å². The van der Waals surface area contributed by atoms with Gasteiger partial charge in [-0.25, -0.2) is 0 Å². The summed E-state index contributed by atoms with van der Waals surface area (Å²) in [7, 11) is 0. The Morgan fingerprint density at radius 1 is 1.39 bits per heavy atom. The normalized spacial score (nSPS) is 23.9. The average molecular weight is 251 g/mol. The number of Topliss-reactive ketones (excluding diaryl/α,β-unsaturated/α-hetero) is 1. The number of piperidine rings is 1. The lowest BCUT2D eigenvalue weighted by molar-refractivity contribution is -0.141. The lowest BCUT2D eigenvalue weighted by Crippen LogP contribution is -2.48. The molecule has 102 valence electrons. The quantitative estimate of drug-likeness (QED) is 0.770. The second-order valence-electron chi connectivity index (χ2n) is 6.56. The summed E-state index contributed by atoms with van der Waals surface area (Å²) in [5.41, 5.74) is -0.345. The number of ketones is 1. The molecule has 0 N–H and O–H groups in total. The maximum atomic E-state index is 12.1. The van der Waals surface area contributed by atoms with E-state index >= 15 is 0 Å². The highest BCUT2D eigenvalue weighted by atomic mass is 16.2. The Bertz CT molecular complexity index is 331. The zero-order valence-electron chi connectivity index (χ0n) is 11.7. The number of carbonyl (C=O) groups is 2. The topological polar surface area (TPSA) is 37.4 Å². The van der Waals surface area contributed by atoms with Gasteiger partial charge in [0.1, 0.15) is 5.78 Å². The van der Waals surface area contributed by atoms with Gasteiger partial charge in [-0.3, -0.25) is 9.59 Å². The Hall–Kier alpha value is -0.860. The zero-order chi connectivity index (χ0) is 13.2. The van der Waals surface area contributed by atoms with E-state index in [1.165, 1.54) is 25.7 Å². The van der Waals surface area contributed by atoms with Crippen molar-refractivity contribution < 1.29 is 9.59 Å². The smallest absolute Gasteiger partial charge is 0.222 e. The van der Waals surface area contributed by atoms with Crippen LogP contribution in [0.3, 0.4) is 0 Å². The fourth-order valence-corrected chi connectivity index (χ4v) is 2.91. The number of likely N-dealkylation sites (tertiary alicyclic amines) is 1. The minimum Gasteiger partial charge on any atom is -0.341 e.